The lowest BCUT2D eigenvalue weighted by Gasteiger charge is -2.09. The number of nitrogens with one attached hydrogen (secondary N) is 2. The molecular formula is C11H11F3N6O. The first-order chi connectivity index (χ1) is 10.0. The lowest BCUT2D eigenvalue weighted by molar-refractivity contribution is 0.312. The zero-order chi connectivity index (χ0) is 15.4. The van der Waals surface area contributed by atoms with Crippen LogP contribution in [-0.2, 0) is 0 Å². The number of benzene rings is 1. The van der Waals surface area contributed by atoms with Crippen molar-refractivity contribution >= 4 is 17.6 Å². The lowest BCUT2D eigenvalue weighted by atomic mass is 10.3. The Hall–Kier alpha value is -2.62. The molecule has 0 bridgehead atoms. The molecule has 0 aliphatic carbocycles. The Morgan fingerprint density at radius 2 is 1.81 bits per heavy atom. The topological polar surface area (TPSA) is 98.0 Å². The van der Waals surface area contributed by atoms with Gasteiger partial charge in [0.15, 0.2) is 17.5 Å². The largest absolute Gasteiger partial charge is 0.464 e. The van der Waals surface area contributed by atoms with Crippen LogP contribution in [-0.4, -0.2) is 21.6 Å². The van der Waals surface area contributed by atoms with Gasteiger partial charge in [-0.15, -0.1) is 0 Å². The zero-order valence-electron chi connectivity index (χ0n) is 10.8. The van der Waals surface area contributed by atoms with Gasteiger partial charge in [0.1, 0.15) is 0 Å². The summed E-state index contributed by atoms with van der Waals surface area (Å²) in [5.74, 6) is 0.700. The number of ether oxygens (including phenoxy) is 1. The molecule has 21 heavy (non-hydrogen) atoms. The van der Waals surface area contributed by atoms with Crippen molar-refractivity contribution in [1.29, 1.82) is 0 Å². The molecule has 10 heteroatoms. The molecular weight excluding hydrogens is 289 g/mol. The summed E-state index contributed by atoms with van der Waals surface area (Å²) in [6, 6.07) is 1.71. The normalized spacial score (nSPS) is 10.3. The minimum Gasteiger partial charge on any atom is -0.464 e. The van der Waals surface area contributed by atoms with Crippen LogP contribution in [0.5, 0.6) is 6.01 Å². The fraction of sp³-hybridized carbons (Fsp3) is 0.182. The first-order valence-corrected chi connectivity index (χ1v) is 5.81. The molecule has 2 rings (SSSR count). The molecule has 0 radical (unpaired) electrons. The molecule has 0 amide bonds. The SMILES string of the molecule is CCOc1nc(NN)nc(Nc2ccc(F)c(F)c2F)n1. The van der Waals surface area contributed by atoms with Crippen molar-refractivity contribution in [2.75, 3.05) is 17.3 Å². The number of hydrogen-bond acceptors (Lipinski definition) is 7. The van der Waals surface area contributed by atoms with Gasteiger partial charge in [-0.2, -0.15) is 15.0 Å². The molecule has 0 fully saturated rings. The quantitative estimate of drug-likeness (QED) is 0.439. The van der Waals surface area contributed by atoms with Gasteiger partial charge in [0.2, 0.25) is 11.9 Å². The van der Waals surface area contributed by atoms with Crippen LogP contribution < -0.4 is 21.3 Å². The van der Waals surface area contributed by atoms with Gasteiger partial charge in [-0.25, -0.2) is 19.0 Å². The molecule has 112 valence electrons. The second kappa shape index (κ2) is 6.22. The van der Waals surface area contributed by atoms with Crippen LogP contribution in [0.2, 0.25) is 0 Å². The first kappa shape index (κ1) is 14.8. The summed E-state index contributed by atoms with van der Waals surface area (Å²) >= 11 is 0. The van der Waals surface area contributed by atoms with Crippen LogP contribution in [0.1, 0.15) is 6.92 Å². The summed E-state index contributed by atoms with van der Waals surface area (Å²) in [7, 11) is 0. The fourth-order valence-electron chi connectivity index (χ4n) is 1.41. The van der Waals surface area contributed by atoms with Crippen LogP contribution in [0, 0.1) is 17.5 Å². The Labute approximate surface area is 117 Å². The standard InChI is InChI=1S/C11H11F3N6O/c1-2-21-11-18-9(17-10(19-11)20-15)16-6-4-3-5(12)7(13)8(6)14/h3-4H,2,15H2,1H3,(H2,16,17,18,19,20). The van der Waals surface area contributed by atoms with Crippen molar-refractivity contribution in [3.05, 3.63) is 29.6 Å². The number of rotatable bonds is 5. The molecule has 7 nitrogen and oxygen atoms in total. The molecule has 1 aromatic heterocycles. The van der Waals surface area contributed by atoms with Crippen molar-refractivity contribution < 1.29 is 17.9 Å². The molecule has 0 aliphatic heterocycles. The van der Waals surface area contributed by atoms with Crippen molar-refractivity contribution in [2.24, 2.45) is 5.84 Å². The minimum absolute atomic E-state index is 0.0426. The minimum atomic E-state index is -1.60. The number of nitrogen functional groups attached to an aromatic ring is 1. The average molecular weight is 300 g/mol. The summed E-state index contributed by atoms with van der Waals surface area (Å²) in [6.45, 7) is 1.99. The van der Waals surface area contributed by atoms with Gasteiger partial charge < -0.3 is 10.1 Å². The van der Waals surface area contributed by atoms with E-state index in [1.807, 2.05) is 0 Å². The van der Waals surface area contributed by atoms with Crippen molar-refractivity contribution in [2.45, 2.75) is 6.92 Å². The van der Waals surface area contributed by atoms with Crippen LogP contribution in [0.15, 0.2) is 12.1 Å². The van der Waals surface area contributed by atoms with E-state index < -0.39 is 17.5 Å². The van der Waals surface area contributed by atoms with Crippen LogP contribution in [0.4, 0.5) is 30.8 Å². The molecule has 4 N–H and O–H groups in total. The number of hydrogen-bond donors (Lipinski definition) is 3. The highest BCUT2D eigenvalue weighted by Crippen LogP contribution is 2.23. The highest BCUT2D eigenvalue weighted by molar-refractivity contribution is 5.55. The van der Waals surface area contributed by atoms with Crippen molar-refractivity contribution in [3.63, 3.8) is 0 Å². The van der Waals surface area contributed by atoms with E-state index in [0.717, 1.165) is 12.1 Å². The number of hydrazine groups is 1. The Balaban J connectivity index is 2.34. The molecule has 1 aromatic carbocycles. The highest BCUT2D eigenvalue weighted by Gasteiger charge is 2.15. The number of aromatic nitrogens is 3. The average Bonchev–Trinajstić information content (AvgIpc) is 2.48. The third-order valence-corrected chi connectivity index (χ3v) is 2.30. The van der Waals surface area contributed by atoms with E-state index in [9.17, 15) is 13.2 Å². The van der Waals surface area contributed by atoms with E-state index in [4.69, 9.17) is 10.6 Å². The molecule has 0 saturated carbocycles. The Morgan fingerprint density at radius 1 is 1.10 bits per heavy atom. The molecule has 2 aromatic rings. The number of halogens is 3. The van der Waals surface area contributed by atoms with Gasteiger partial charge in [0.05, 0.1) is 12.3 Å². The fourth-order valence-corrected chi connectivity index (χ4v) is 1.41. The van der Waals surface area contributed by atoms with E-state index in [1.165, 1.54) is 0 Å². The van der Waals surface area contributed by atoms with E-state index in [1.54, 1.807) is 6.92 Å². The van der Waals surface area contributed by atoms with E-state index in [2.05, 4.69) is 25.7 Å². The summed E-state index contributed by atoms with van der Waals surface area (Å²) in [5.41, 5.74) is 1.83. The molecule has 0 atom stereocenters. The molecule has 1 heterocycles. The van der Waals surface area contributed by atoms with Crippen molar-refractivity contribution in [3.8, 4) is 6.01 Å². The number of nitrogens with zero attached hydrogens (tertiary/aromatic N) is 3. The summed E-state index contributed by atoms with van der Waals surface area (Å²) in [6.07, 6.45) is 0. The highest BCUT2D eigenvalue weighted by atomic mass is 19.2. The predicted octanol–water partition coefficient (Wildman–Crippen LogP) is 1.72. The van der Waals surface area contributed by atoms with Crippen LogP contribution in [0.3, 0.4) is 0 Å². The third kappa shape index (κ3) is 3.28. The van der Waals surface area contributed by atoms with Gasteiger partial charge in [-0.1, -0.05) is 0 Å². The van der Waals surface area contributed by atoms with Gasteiger partial charge in [0.25, 0.3) is 0 Å². The second-order valence-electron chi connectivity index (χ2n) is 3.69. The summed E-state index contributed by atoms with van der Waals surface area (Å²) < 4.78 is 44.6. The Bertz CT molecular complexity index is 654. The van der Waals surface area contributed by atoms with Crippen LogP contribution >= 0.6 is 0 Å². The molecule has 0 unspecified atom stereocenters. The van der Waals surface area contributed by atoms with Gasteiger partial charge in [-0.3, -0.25) is 5.43 Å². The Morgan fingerprint density at radius 3 is 2.48 bits per heavy atom. The zero-order valence-corrected chi connectivity index (χ0v) is 10.8. The smallest absolute Gasteiger partial charge is 0.323 e. The van der Waals surface area contributed by atoms with E-state index in [0.29, 0.717) is 0 Å². The van der Waals surface area contributed by atoms with Crippen LogP contribution in [0.25, 0.3) is 0 Å². The molecule has 0 saturated heterocycles. The van der Waals surface area contributed by atoms with E-state index >= 15 is 0 Å². The first-order valence-electron chi connectivity index (χ1n) is 5.81. The summed E-state index contributed by atoms with van der Waals surface area (Å²) in [4.78, 5) is 11.4. The number of nitrogens with two attached hydrogens (primary N) is 1. The lowest BCUT2D eigenvalue weighted by Crippen LogP contribution is -2.14. The van der Waals surface area contributed by atoms with Crippen molar-refractivity contribution in [1.82, 2.24) is 15.0 Å². The Kier molecular flexibility index (Phi) is 4.38. The van der Waals surface area contributed by atoms with Gasteiger partial charge in [-0.05, 0) is 19.1 Å². The number of anilines is 3. The van der Waals surface area contributed by atoms with E-state index in [-0.39, 0.29) is 30.2 Å². The van der Waals surface area contributed by atoms with Gasteiger partial charge >= 0.3 is 6.01 Å². The maximum Gasteiger partial charge on any atom is 0.323 e. The monoisotopic (exact) mass is 300 g/mol. The maximum atomic E-state index is 13.6. The molecule has 0 spiro atoms. The van der Waals surface area contributed by atoms with Gasteiger partial charge in [0, 0.05) is 0 Å². The molecule has 0 aliphatic rings. The third-order valence-electron chi connectivity index (χ3n) is 2.30. The predicted molar refractivity (Wildman–Crippen MR) is 68.4 cm³/mol. The maximum absolute atomic E-state index is 13.6. The second-order valence-corrected chi connectivity index (χ2v) is 3.69. The summed E-state index contributed by atoms with van der Waals surface area (Å²) in [5, 5.41) is 2.39.